The number of halogens is 1. The van der Waals surface area contributed by atoms with Crippen molar-refractivity contribution in [1.29, 1.82) is 0 Å². The molecule has 3 heteroatoms. The first-order chi connectivity index (χ1) is 9.04. The molecule has 0 aliphatic rings. The molecule has 0 radical (unpaired) electrons. The van der Waals surface area contributed by atoms with Crippen LogP contribution in [0.5, 0.6) is 0 Å². The summed E-state index contributed by atoms with van der Waals surface area (Å²) in [4.78, 5) is 0. The van der Waals surface area contributed by atoms with Crippen molar-refractivity contribution in [3.63, 3.8) is 0 Å². The molecule has 110 valence electrons. The first-order valence-electron chi connectivity index (χ1n) is 7.77. The molecule has 1 atom stereocenters. The summed E-state index contributed by atoms with van der Waals surface area (Å²) in [5, 5.41) is 4.91. The molecule has 0 saturated carbocycles. The van der Waals surface area contributed by atoms with E-state index < -0.39 is 0 Å². The van der Waals surface area contributed by atoms with Gasteiger partial charge in [0.25, 0.3) is 0 Å². The second-order valence-electron chi connectivity index (χ2n) is 5.65. The van der Waals surface area contributed by atoms with Crippen LogP contribution in [0, 0.1) is 5.92 Å². The minimum Gasteiger partial charge on any atom is -0.269 e. The van der Waals surface area contributed by atoms with E-state index in [0.29, 0.717) is 0 Å². The molecule has 1 unspecified atom stereocenters. The van der Waals surface area contributed by atoms with Crippen LogP contribution in [0.4, 0.5) is 0 Å². The number of nitrogens with zero attached hydrogens (tertiary/aromatic N) is 2. The van der Waals surface area contributed by atoms with Gasteiger partial charge in [-0.05, 0) is 38.0 Å². The maximum Gasteiger partial charge on any atom is 0.0671 e. The van der Waals surface area contributed by atoms with Crippen LogP contribution in [-0.2, 0) is 19.4 Å². The van der Waals surface area contributed by atoms with Crippen LogP contribution in [0.2, 0.25) is 0 Å². The van der Waals surface area contributed by atoms with Crippen molar-refractivity contribution in [2.24, 2.45) is 5.92 Å². The summed E-state index contributed by atoms with van der Waals surface area (Å²) in [5.41, 5.74) is 3.85. The Morgan fingerprint density at radius 2 is 1.84 bits per heavy atom. The monoisotopic (exact) mass is 284 g/mol. The second-order valence-corrected chi connectivity index (χ2v) is 6.18. The predicted octanol–water partition coefficient (Wildman–Crippen LogP) is 5.13. The third-order valence-electron chi connectivity index (χ3n) is 3.67. The number of aryl methyl sites for hydroxylation is 2. The largest absolute Gasteiger partial charge is 0.269 e. The van der Waals surface area contributed by atoms with Gasteiger partial charge in [-0.25, -0.2) is 0 Å². The van der Waals surface area contributed by atoms with E-state index in [4.69, 9.17) is 16.7 Å². The molecular weight excluding hydrogens is 256 g/mol. The van der Waals surface area contributed by atoms with Gasteiger partial charge in [-0.3, -0.25) is 4.68 Å². The summed E-state index contributed by atoms with van der Waals surface area (Å²) in [6, 6.07) is 0. The fourth-order valence-electron chi connectivity index (χ4n) is 2.60. The molecule has 0 aliphatic carbocycles. The normalized spacial score (nSPS) is 13.2. The van der Waals surface area contributed by atoms with Crippen LogP contribution >= 0.6 is 11.6 Å². The minimum atomic E-state index is 0.115. The lowest BCUT2D eigenvalue weighted by Gasteiger charge is -2.11. The zero-order chi connectivity index (χ0) is 14.4. The van der Waals surface area contributed by atoms with Crippen LogP contribution in [0.25, 0.3) is 0 Å². The third-order valence-corrected chi connectivity index (χ3v) is 4.19. The van der Waals surface area contributed by atoms with Crippen molar-refractivity contribution in [2.45, 2.75) is 78.6 Å². The Balaban J connectivity index is 2.95. The summed E-state index contributed by atoms with van der Waals surface area (Å²) < 4.78 is 2.21. The van der Waals surface area contributed by atoms with E-state index >= 15 is 0 Å². The summed E-state index contributed by atoms with van der Waals surface area (Å²) in [7, 11) is 0. The van der Waals surface area contributed by atoms with Crippen LogP contribution in [-0.4, -0.2) is 9.78 Å². The lowest BCUT2D eigenvalue weighted by atomic mass is 10.0. The molecule has 0 aliphatic heterocycles. The summed E-state index contributed by atoms with van der Waals surface area (Å²) in [5.74, 6) is 0.766. The van der Waals surface area contributed by atoms with Crippen molar-refractivity contribution in [3.05, 3.63) is 17.0 Å². The van der Waals surface area contributed by atoms with Crippen LogP contribution in [0.15, 0.2) is 0 Å². The smallest absolute Gasteiger partial charge is 0.0671 e. The quantitative estimate of drug-likeness (QED) is 0.605. The minimum absolute atomic E-state index is 0.115. The zero-order valence-electron chi connectivity index (χ0n) is 13.2. The van der Waals surface area contributed by atoms with Crippen molar-refractivity contribution in [3.8, 4) is 0 Å². The highest BCUT2D eigenvalue weighted by Gasteiger charge is 2.20. The maximum atomic E-state index is 6.50. The molecule has 1 aromatic heterocycles. The average Bonchev–Trinajstić information content (AvgIpc) is 2.75. The van der Waals surface area contributed by atoms with Gasteiger partial charge < -0.3 is 0 Å². The molecular formula is C16H29ClN2. The first-order valence-corrected chi connectivity index (χ1v) is 8.21. The van der Waals surface area contributed by atoms with E-state index in [9.17, 15) is 0 Å². The molecule has 0 N–H and O–H groups in total. The Kier molecular flexibility index (Phi) is 6.92. The Morgan fingerprint density at radius 3 is 2.32 bits per heavy atom. The highest BCUT2D eigenvalue weighted by molar-refractivity contribution is 6.20. The number of alkyl halides is 1. The van der Waals surface area contributed by atoms with E-state index in [-0.39, 0.29) is 5.38 Å². The molecule has 0 bridgehead atoms. The third kappa shape index (κ3) is 4.24. The van der Waals surface area contributed by atoms with Crippen LogP contribution < -0.4 is 0 Å². The fourth-order valence-corrected chi connectivity index (χ4v) is 2.85. The Hall–Kier alpha value is -0.500. The van der Waals surface area contributed by atoms with Crippen molar-refractivity contribution in [2.75, 3.05) is 0 Å². The molecule has 2 nitrogen and oxygen atoms in total. The molecule has 0 saturated heterocycles. The van der Waals surface area contributed by atoms with E-state index in [1.54, 1.807) is 0 Å². The second kappa shape index (κ2) is 7.94. The number of rotatable bonds is 8. The van der Waals surface area contributed by atoms with Crippen molar-refractivity contribution >= 4 is 11.6 Å². The molecule has 19 heavy (non-hydrogen) atoms. The van der Waals surface area contributed by atoms with Crippen molar-refractivity contribution in [1.82, 2.24) is 9.78 Å². The van der Waals surface area contributed by atoms with Gasteiger partial charge in [0.1, 0.15) is 0 Å². The molecule has 0 fully saturated rings. The molecule has 1 rings (SSSR count). The Labute approximate surface area is 123 Å². The van der Waals surface area contributed by atoms with E-state index in [1.165, 1.54) is 29.8 Å². The Bertz CT molecular complexity index is 382. The van der Waals surface area contributed by atoms with E-state index in [1.807, 2.05) is 0 Å². The van der Waals surface area contributed by atoms with Gasteiger partial charge in [0.2, 0.25) is 0 Å². The van der Waals surface area contributed by atoms with Gasteiger partial charge >= 0.3 is 0 Å². The first kappa shape index (κ1) is 16.6. The molecule has 0 aromatic carbocycles. The highest BCUT2D eigenvalue weighted by Crippen LogP contribution is 2.31. The lowest BCUT2D eigenvalue weighted by molar-refractivity contribution is 0.479. The number of aromatic nitrogens is 2. The van der Waals surface area contributed by atoms with Crippen molar-refractivity contribution < 1.29 is 0 Å². The van der Waals surface area contributed by atoms with Gasteiger partial charge in [0.15, 0.2) is 0 Å². The highest BCUT2D eigenvalue weighted by atomic mass is 35.5. The van der Waals surface area contributed by atoms with Gasteiger partial charge in [0.05, 0.1) is 11.1 Å². The molecule has 1 heterocycles. The Morgan fingerprint density at radius 1 is 1.16 bits per heavy atom. The van der Waals surface area contributed by atoms with Crippen LogP contribution in [0.1, 0.15) is 76.2 Å². The van der Waals surface area contributed by atoms with Gasteiger partial charge in [0, 0.05) is 17.8 Å². The SMILES string of the molecule is CCc1nn(CCCC(C)C)c(CC)c1C(Cl)CC. The molecule has 0 amide bonds. The lowest BCUT2D eigenvalue weighted by Crippen LogP contribution is -2.07. The van der Waals surface area contributed by atoms with Gasteiger partial charge in [-0.1, -0.05) is 34.6 Å². The summed E-state index contributed by atoms with van der Waals surface area (Å²) >= 11 is 6.50. The maximum absolute atomic E-state index is 6.50. The van der Waals surface area contributed by atoms with Crippen LogP contribution in [0.3, 0.4) is 0 Å². The summed E-state index contributed by atoms with van der Waals surface area (Å²) in [6.45, 7) is 12.1. The average molecular weight is 285 g/mol. The van der Waals surface area contributed by atoms with Gasteiger partial charge in [-0.15, -0.1) is 11.6 Å². The predicted molar refractivity (Wildman–Crippen MR) is 83.9 cm³/mol. The summed E-state index contributed by atoms with van der Waals surface area (Å²) in [6.07, 6.45) is 5.43. The van der Waals surface area contributed by atoms with E-state index in [2.05, 4.69) is 39.3 Å². The topological polar surface area (TPSA) is 17.8 Å². The van der Waals surface area contributed by atoms with Gasteiger partial charge in [-0.2, -0.15) is 5.10 Å². The molecule has 1 aromatic rings. The fraction of sp³-hybridized carbons (Fsp3) is 0.812. The standard InChI is InChI=1S/C16H29ClN2/c1-6-13(17)16-14(7-2)18-19(15(16)8-3)11-9-10-12(4)5/h12-13H,6-11H2,1-5H3. The van der Waals surface area contributed by atoms with E-state index in [0.717, 1.165) is 31.7 Å². The molecule has 0 spiro atoms. The number of hydrogen-bond donors (Lipinski definition) is 0. The number of hydrogen-bond acceptors (Lipinski definition) is 1. The zero-order valence-corrected chi connectivity index (χ0v) is 13.9.